The largest absolute Gasteiger partial charge is 0.385 e. The van der Waals surface area contributed by atoms with E-state index in [9.17, 15) is 9.90 Å². The number of carbonyl (C=O) groups excluding carboxylic acids is 1. The first-order valence-corrected chi connectivity index (χ1v) is 12.8. The second kappa shape index (κ2) is 7.40. The summed E-state index contributed by atoms with van der Waals surface area (Å²) < 4.78 is 12.0. The second-order valence-electron chi connectivity index (χ2n) is 11.6. The Kier molecular flexibility index (Phi) is 4.89. The summed E-state index contributed by atoms with van der Waals surface area (Å²) in [6.07, 6.45) is 6.45. The first-order valence-electron chi connectivity index (χ1n) is 12.8. The third-order valence-corrected chi connectivity index (χ3v) is 9.75. The quantitative estimate of drug-likeness (QED) is 0.667. The van der Waals surface area contributed by atoms with E-state index >= 15 is 0 Å². The Hall–Kier alpha value is -1.69. The van der Waals surface area contributed by atoms with Crippen molar-refractivity contribution >= 4 is 11.5 Å². The molecule has 1 unspecified atom stereocenters. The van der Waals surface area contributed by atoms with Gasteiger partial charge in [-0.2, -0.15) is 0 Å². The fourth-order valence-electron chi connectivity index (χ4n) is 8.09. The van der Waals surface area contributed by atoms with Gasteiger partial charge in [-0.05, 0) is 67.2 Å². The van der Waals surface area contributed by atoms with Gasteiger partial charge in [0.15, 0.2) is 5.79 Å². The highest BCUT2D eigenvalue weighted by Gasteiger charge is 2.60. The molecule has 6 rings (SSSR count). The van der Waals surface area contributed by atoms with E-state index < -0.39 is 11.4 Å². The van der Waals surface area contributed by atoms with Crippen molar-refractivity contribution in [3.05, 3.63) is 41.0 Å². The third kappa shape index (κ3) is 3.19. The molecule has 4 aliphatic carbocycles. The summed E-state index contributed by atoms with van der Waals surface area (Å²) in [7, 11) is 4.12. The van der Waals surface area contributed by atoms with Crippen molar-refractivity contribution in [2.45, 2.75) is 75.6 Å². The van der Waals surface area contributed by atoms with Gasteiger partial charge in [-0.1, -0.05) is 24.6 Å². The molecule has 5 nitrogen and oxygen atoms in total. The minimum Gasteiger partial charge on any atom is -0.385 e. The lowest BCUT2D eigenvalue weighted by Gasteiger charge is -2.55. The van der Waals surface area contributed by atoms with E-state index in [4.69, 9.17) is 9.47 Å². The number of anilines is 1. The SMILES string of the molecule is CN(C)c1ccc([C@H]2C[C@]3(C)C(=O)CC[C@H]3[C@@H]3CCC4(O)CC5(CCC4=C32)OCCO5)cc1. The third-order valence-electron chi connectivity index (χ3n) is 9.75. The number of allylic oxidation sites excluding steroid dienone is 1. The van der Waals surface area contributed by atoms with Crippen molar-refractivity contribution in [1.29, 1.82) is 0 Å². The minimum atomic E-state index is -0.855. The lowest BCUT2D eigenvalue weighted by molar-refractivity contribution is -0.208. The summed E-state index contributed by atoms with van der Waals surface area (Å²) in [4.78, 5) is 15.3. The van der Waals surface area contributed by atoms with Gasteiger partial charge in [0.2, 0.25) is 0 Å². The highest BCUT2D eigenvalue weighted by molar-refractivity contribution is 5.87. The van der Waals surface area contributed by atoms with Crippen LogP contribution in [0.3, 0.4) is 0 Å². The number of hydrogen-bond donors (Lipinski definition) is 1. The summed E-state index contributed by atoms with van der Waals surface area (Å²) in [5.41, 5.74) is 4.05. The summed E-state index contributed by atoms with van der Waals surface area (Å²) in [6, 6.07) is 8.86. The van der Waals surface area contributed by atoms with Crippen LogP contribution < -0.4 is 4.90 Å². The van der Waals surface area contributed by atoms with Crippen LogP contribution in [0.25, 0.3) is 0 Å². The van der Waals surface area contributed by atoms with E-state index in [0.29, 0.717) is 43.7 Å². The van der Waals surface area contributed by atoms with Crippen LogP contribution in [-0.2, 0) is 14.3 Å². The number of ketones is 1. The van der Waals surface area contributed by atoms with E-state index in [0.717, 1.165) is 38.5 Å². The zero-order valence-corrected chi connectivity index (χ0v) is 20.2. The van der Waals surface area contributed by atoms with Gasteiger partial charge in [0.25, 0.3) is 0 Å². The lowest BCUT2D eigenvalue weighted by atomic mass is 9.51. The van der Waals surface area contributed by atoms with Crippen molar-refractivity contribution < 1.29 is 19.4 Å². The van der Waals surface area contributed by atoms with Crippen LogP contribution in [0.1, 0.15) is 69.8 Å². The van der Waals surface area contributed by atoms with Crippen LogP contribution in [-0.4, -0.2) is 49.6 Å². The Morgan fingerprint density at radius 1 is 1.03 bits per heavy atom. The zero-order chi connectivity index (χ0) is 23.0. The average molecular weight is 452 g/mol. The normalized spacial score (nSPS) is 39.4. The minimum absolute atomic E-state index is 0.191. The van der Waals surface area contributed by atoms with Gasteiger partial charge in [-0.25, -0.2) is 0 Å². The maximum absolute atomic E-state index is 13.1. The number of benzene rings is 1. The lowest BCUT2D eigenvalue weighted by Crippen LogP contribution is -2.53. The molecule has 0 amide bonds. The number of nitrogens with zero attached hydrogens (tertiary/aromatic N) is 1. The van der Waals surface area contributed by atoms with Crippen molar-refractivity contribution in [2.24, 2.45) is 17.3 Å². The molecule has 1 N–H and O–H groups in total. The molecule has 33 heavy (non-hydrogen) atoms. The Bertz CT molecular complexity index is 992. The van der Waals surface area contributed by atoms with E-state index in [-0.39, 0.29) is 11.3 Å². The van der Waals surface area contributed by atoms with Crippen LogP contribution in [0.4, 0.5) is 5.69 Å². The standard InChI is InChI=1S/C28H37NO4/c1-26-16-21(18-4-6-19(7-5-18)29(2)3)25-20(22(26)8-9-24(26)30)10-12-27(31)17-28(13-11-23(25)27)32-14-15-33-28/h4-7,20-22,31H,8-17H2,1-3H3/t20-,21+,22-,26-,27?/m0/s1. The number of hydrogen-bond acceptors (Lipinski definition) is 5. The smallest absolute Gasteiger partial charge is 0.171 e. The molecule has 5 heteroatoms. The molecule has 1 saturated heterocycles. The first-order chi connectivity index (χ1) is 15.7. The van der Waals surface area contributed by atoms with E-state index in [1.54, 1.807) is 0 Å². The van der Waals surface area contributed by atoms with Crippen molar-refractivity contribution in [2.75, 3.05) is 32.2 Å². The number of aliphatic hydroxyl groups is 1. The number of ether oxygens (including phenoxy) is 2. The molecule has 1 aromatic carbocycles. The number of fused-ring (bicyclic) bond motifs is 4. The van der Waals surface area contributed by atoms with Gasteiger partial charge >= 0.3 is 0 Å². The molecule has 0 radical (unpaired) electrons. The molecule has 5 aliphatic rings. The van der Waals surface area contributed by atoms with Crippen molar-refractivity contribution in [1.82, 2.24) is 0 Å². The second-order valence-corrected chi connectivity index (χ2v) is 11.6. The van der Waals surface area contributed by atoms with Crippen molar-refractivity contribution in [3.63, 3.8) is 0 Å². The zero-order valence-electron chi connectivity index (χ0n) is 20.2. The Labute approximate surface area is 197 Å². The van der Waals surface area contributed by atoms with Gasteiger partial charge in [0.1, 0.15) is 5.78 Å². The number of Topliss-reactive ketones (excluding diaryl/α,β-unsaturated/α-hetero) is 1. The van der Waals surface area contributed by atoms with Crippen LogP contribution >= 0.6 is 0 Å². The Morgan fingerprint density at radius 3 is 2.45 bits per heavy atom. The van der Waals surface area contributed by atoms with Gasteiger partial charge in [0, 0.05) is 50.4 Å². The molecule has 1 heterocycles. The molecule has 1 spiro atoms. The van der Waals surface area contributed by atoms with Gasteiger partial charge in [-0.3, -0.25) is 4.79 Å². The topological polar surface area (TPSA) is 59.0 Å². The van der Waals surface area contributed by atoms with Gasteiger partial charge < -0.3 is 19.5 Å². The molecule has 1 aromatic rings. The van der Waals surface area contributed by atoms with Crippen LogP contribution in [0.15, 0.2) is 35.4 Å². The summed E-state index contributed by atoms with van der Waals surface area (Å²) in [5, 5.41) is 12.0. The first kappa shape index (κ1) is 21.8. The molecule has 4 fully saturated rings. The summed E-state index contributed by atoms with van der Waals surface area (Å²) in [6.45, 7) is 3.47. The maximum atomic E-state index is 13.1. The average Bonchev–Trinajstić information content (AvgIpc) is 3.36. The van der Waals surface area contributed by atoms with Crippen LogP contribution in [0.2, 0.25) is 0 Å². The van der Waals surface area contributed by atoms with E-state index in [1.807, 2.05) is 0 Å². The molecule has 0 bridgehead atoms. The Morgan fingerprint density at radius 2 is 1.76 bits per heavy atom. The van der Waals surface area contributed by atoms with Crippen molar-refractivity contribution in [3.8, 4) is 0 Å². The highest BCUT2D eigenvalue weighted by atomic mass is 16.7. The molecule has 3 saturated carbocycles. The molecule has 5 atom stereocenters. The van der Waals surface area contributed by atoms with Crippen LogP contribution in [0.5, 0.6) is 0 Å². The predicted octanol–water partition coefficient (Wildman–Crippen LogP) is 4.59. The maximum Gasteiger partial charge on any atom is 0.171 e. The monoisotopic (exact) mass is 451 g/mol. The molecular formula is C28H37NO4. The molecular weight excluding hydrogens is 414 g/mol. The highest BCUT2D eigenvalue weighted by Crippen LogP contribution is 2.64. The fourth-order valence-corrected chi connectivity index (χ4v) is 8.09. The Balaban J connectivity index is 1.46. The predicted molar refractivity (Wildman–Crippen MR) is 127 cm³/mol. The fraction of sp³-hybridized carbons (Fsp3) is 0.679. The van der Waals surface area contributed by atoms with Gasteiger partial charge in [0.05, 0.1) is 18.8 Å². The number of rotatable bonds is 2. The van der Waals surface area contributed by atoms with E-state index in [1.165, 1.54) is 22.4 Å². The summed E-state index contributed by atoms with van der Waals surface area (Å²) >= 11 is 0. The van der Waals surface area contributed by atoms with Gasteiger partial charge in [-0.15, -0.1) is 0 Å². The number of carbonyl (C=O) groups is 1. The molecule has 0 aromatic heterocycles. The molecule has 1 aliphatic heterocycles. The van der Waals surface area contributed by atoms with E-state index in [2.05, 4.69) is 50.2 Å². The molecule has 178 valence electrons. The summed E-state index contributed by atoms with van der Waals surface area (Å²) in [5.74, 6) is 0.826. The van der Waals surface area contributed by atoms with Crippen LogP contribution in [0, 0.1) is 17.3 Å².